The molecule has 2 rings (SSSR count). The molecule has 2 aromatic rings. The van der Waals surface area contributed by atoms with E-state index in [-0.39, 0.29) is 5.84 Å². The van der Waals surface area contributed by atoms with Crippen LogP contribution in [0, 0.1) is 5.41 Å². The normalized spacial score (nSPS) is 10.3. The van der Waals surface area contributed by atoms with Crippen LogP contribution in [0.5, 0.6) is 5.75 Å². The van der Waals surface area contributed by atoms with Crippen molar-refractivity contribution in [2.24, 2.45) is 5.73 Å². The monoisotopic (exact) mass is 261 g/mol. The molecule has 4 nitrogen and oxygen atoms in total. The molecule has 0 aliphatic heterocycles. The first kappa shape index (κ1) is 12.6. The fraction of sp³-hybridized carbons (Fsp3) is 0.231. The zero-order valence-electron chi connectivity index (χ0n) is 10.1. The van der Waals surface area contributed by atoms with Crippen LogP contribution < -0.4 is 10.5 Å². The van der Waals surface area contributed by atoms with E-state index in [4.69, 9.17) is 15.9 Å². The fourth-order valence-electron chi connectivity index (χ4n) is 1.44. The van der Waals surface area contributed by atoms with Gasteiger partial charge in [0, 0.05) is 10.9 Å². The summed E-state index contributed by atoms with van der Waals surface area (Å²) in [5.41, 5.74) is 6.93. The minimum atomic E-state index is 0.000370. The van der Waals surface area contributed by atoms with Crippen LogP contribution in [0.25, 0.3) is 10.6 Å². The zero-order chi connectivity index (χ0) is 13.0. The van der Waals surface area contributed by atoms with E-state index in [1.165, 1.54) is 11.3 Å². The lowest BCUT2D eigenvalue weighted by atomic mass is 10.2. The second-order valence-electron chi connectivity index (χ2n) is 3.82. The van der Waals surface area contributed by atoms with Crippen molar-refractivity contribution in [2.75, 3.05) is 6.61 Å². The molecule has 1 aromatic carbocycles. The average molecular weight is 261 g/mol. The van der Waals surface area contributed by atoms with E-state index < -0.39 is 0 Å². The van der Waals surface area contributed by atoms with Crippen molar-refractivity contribution >= 4 is 17.2 Å². The summed E-state index contributed by atoms with van der Waals surface area (Å²) in [6.07, 6.45) is 0.996. The van der Waals surface area contributed by atoms with Gasteiger partial charge in [-0.1, -0.05) is 6.92 Å². The lowest BCUT2D eigenvalue weighted by Gasteiger charge is -2.04. The Morgan fingerprint density at radius 1 is 1.39 bits per heavy atom. The zero-order valence-corrected chi connectivity index (χ0v) is 11.0. The van der Waals surface area contributed by atoms with E-state index in [0.29, 0.717) is 5.69 Å². The standard InChI is InChI=1S/C13H15N3OS/c1-2-7-17-10-5-3-9(4-6-10)13-16-11(8-18-13)12(14)15/h3-6,8H,2,7H2,1H3,(H3,14,15). The molecule has 0 spiro atoms. The molecule has 0 amide bonds. The van der Waals surface area contributed by atoms with Gasteiger partial charge in [-0.05, 0) is 30.7 Å². The van der Waals surface area contributed by atoms with Crippen LogP contribution in [-0.4, -0.2) is 17.4 Å². The quantitative estimate of drug-likeness (QED) is 0.642. The maximum absolute atomic E-state index is 7.32. The van der Waals surface area contributed by atoms with Gasteiger partial charge >= 0.3 is 0 Å². The molecule has 5 heteroatoms. The van der Waals surface area contributed by atoms with Gasteiger partial charge in [0.25, 0.3) is 0 Å². The number of nitrogens with zero attached hydrogens (tertiary/aromatic N) is 1. The molecule has 0 bridgehead atoms. The number of rotatable bonds is 5. The summed E-state index contributed by atoms with van der Waals surface area (Å²) in [4.78, 5) is 4.30. The number of nitrogens with two attached hydrogens (primary N) is 1. The predicted molar refractivity (Wildman–Crippen MR) is 74.4 cm³/mol. The number of thiazole rings is 1. The minimum absolute atomic E-state index is 0.000370. The van der Waals surface area contributed by atoms with E-state index in [1.54, 1.807) is 5.38 Å². The summed E-state index contributed by atoms with van der Waals surface area (Å²) < 4.78 is 5.52. The highest BCUT2D eigenvalue weighted by Crippen LogP contribution is 2.25. The van der Waals surface area contributed by atoms with E-state index in [1.807, 2.05) is 24.3 Å². The number of hydrogen-bond acceptors (Lipinski definition) is 4. The molecule has 0 saturated carbocycles. The Hall–Kier alpha value is -1.88. The Morgan fingerprint density at radius 3 is 2.67 bits per heavy atom. The molecule has 0 saturated heterocycles. The molecular formula is C13H15N3OS. The number of amidine groups is 1. The van der Waals surface area contributed by atoms with Gasteiger partial charge in [0.05, 0.1) is 6.61 Å². The van der Waals surface area contributed by atoms with Crippen LogP contribution in [0.2, 0.25) is 0 Å². The molecule has 0 atom stereocenters. The lowest BCUT2D eigenvalue weighted by Crippen LogP contribution is -2.11. The lowest BCUT2D eigenvalue weighted by molar-refractivity contribution is 0.317. The first-order valence-electron chi connectivity index (χ1n) is 5.74. The van der Waals surface area contributed by atoms with Gasteiger partial charge in [-0.25, -0.2) is 4.98 Å². The summed E-state index contributed by atoms with van der Waals surface area (Å²) >= 11 is 1.48. The molecule has 1 heterocycles. The van der Waals surface area contributed by atoms with E-state index in [0.717, 1.165) is 29.3 Å². The van der Waals surface area contributed by atoms with Crippen molar-refractivity contribution in [3.8, 4) is 16.3 Å². The summed E-state index contributed by atoms with van der Waals surface area (Å²) in [6, 6.07) is 7.79. The van der Waals surface area contributed by atoms with Gasteiger partial charge in [0.1, 0.15) is 22.3 Å². The van der Waals surface area contributed by atoms with Crippen LogP contribution in [0.4, 0.5) is 0 Å². The number of nitrogens with one attached hydrogen (secondary N) is 1. The smallest absolute Gasteiger partial charge is 0.142 e. The van der Waals surface area contributed by atoms with Crippen LogP contribution >= 0.6 is 11.3 Å². The van der Waals surface area contributed by atoms with Crippen molar-refractivity contribution in [2.45, 2.75) is 13.3 Å². The topological polar surface area (TPSA) is 72.0 Å². The van der Waals surface area contributed by atoms with Gasteiger partial charge in [0.15, 0.2) is 0 Å². The summed E-state index contributed by atoms with van der Waals surface area (Å²) in [7, 11) is 0. The van der Waals surface area contributed by atoms with Crippen molar-refractivity contribution in [3.05, 3.63) is 35.3 Å². The molecule has 18 heavy (non-hydrogen) atoms. The highest BCUT2D eigenvalue weighted by atomic mass is 32.1. The molecule has 0 fully saturated rings. The van der Waals surface area contributed by atoms with Crippen LogP contribution in [0.3, 0.4) is 0 Å². The van der Waals surface area contributed by atoms with Crippen molar-refractivity contribution < 1.29 is 4.74 Å². The fourth-order valence-corrected chi connectivity index (χ4v) is 2.27. The first-order valence-corrected chi connectivity index (χ1v) is 6.62. The Balaban J connectivity index is 2.15. The Labute approximate surface area is 110 Å². The van der Waals surface area contributed by atoms with Crippen molar-refractivity contribution in [3.63, 3.8) is 0 Å². The molecule has 94 valence electrons. The third-order valence-corrected chi connectivity index (χ3v) is 3.25. The highest BCUT2D eigenvalue weighted by molar-refractivity contribution is 7.13. The molecular weight excluding hydrogens is 246 g/mol. The first-order chi connectivity index (χ1) is 8.70. The maximum atomic E-state index is 7.32. The molecule has 0 aliphatic rings. The number of hydrogen-bond donors (Lipinski definition) is 2. The van der Waals surface area contributed by atoms with Gasteiger partial charge in [-0.15, -0.1) is 11.3 Å². The molecule has 0 aliphatic carbocycles. The SMILES string of the molecule is CCCOc1ccc(-c2nc(C(=N)N)cs2)cc1. The second-order valence-corrected chi connectivity index (χ2v) is 4.68. The molecule has 1 aromatic heterocycles. The van der Waals surface area contributed by atoms with Crippen LogP contribution in [-0.2, 0) is 0 Å². The molecule has 3 N–H and O–H groups in total. The Bertz CT molecular complexity index is 533. The Kier molecular flexibility index (Phi) is 3.94. The van der Waals surface area contributed by atoms with E-state index >= 15 is 0 Å². The van der Waals surface area contributed by atoms with Crippen molar-refractivity contribution in [1.29, 1.82) is 5.41 Å². The number of nitrogen functional groups attached to an aromatic ring is 1. The second kappa shape index (κ2) is 5.64. The minimum Gasteiger partial charge on any atom is -0.494 e. The number of benzene rings is 1. The largest absolute Gasteiger partial charge is 0.494 e. The van der Waals surface area contributed by atoms with Crippen LogP contribution in [0.15, 0.2) is 29.6 Å². The third kappa shape index (κ3) is 2.87. The highest BCUT2D eigenvalue weighted by Gasteiger charge is 2.06. The van der Waals surface area contributed by atoms with E-state index in [2.05, 4.69) is 11.9 Å². The predicted octanol–water partition coefficient (Wildman–Crippen LogP) is 2.88. The average Bonchev–Trinajstić information content (AvgIpc) is 2.87. The van der Waals surface area contributed by atoms with Gasteiger partial charge in [-0.3, -0.25) is 5.41 Å². The summed E-state index contributed by atoms with van der Waals surface area (Å²) in [5, 5.41) is 9.98. The van der Waals surface area contributed by atoms with Gasteiger partial charge in [0.2, 0.25) is 0 Å². The summed E-state index contributed by atoms with van der Waals surface area (Å²) in [6.45, 7) is 2.80. The number of aromatic nitrogens is 1. The molecule has 0 radical (unpaired) electrons. The molecule has 0 unspecified atom stereocenters. The van der Waals surface area contributed by atoms with Crippen molar-refractivity contribution in [1.82, 2.24) is 4.98 Å². The Morgan fingerprint density at radius 2 is 2.11 bits per heavy atom. The third-order valence-electron chi connectivity index (χ3n) is 2.35. The van der Waals surface area contributed by atoms with E-state index in [9.17, 15) is 0 Å². The number of ether oxygens (including phenoxy) is 1. The maximum Gasteiger partial charge on any atom is 0.142 e. The van der Waals surface area contributed by atoms with Crippen LogP contribution in [0.1, 0.15) is 19.0 Å². The van der Waals surface area contributed by atoms with Gasteiger partial charge in [-0.2, -0.15) is 0 Å². The summed E-state index contributed by atoms with van der Waals surface area (Å²) in [5.74, 6) is 0.865. The van der Waals surface area contributed by atoms with Gasteiger partial charge < -0.3 is 10.5 Å².